The van der Waals surface area contributed by atoms with Gasteiger partial charge < -0.3 is 4.90 Å². The molecule has 2 fully saturated rings. The highest BCUT2D eigenvalue weighted by Crippen LogP contribution is 2.27. The number of benzene rings is 1. The first-order chi connectivity index (χ1) is 11.4. The lowest BCUT2D eigenvalue weighted by molar-refractivity contribution is -0.134. The van der Waals surface area contributed by atoms with Crippen LogP contribution in [-0.2, 0) is 14.8 Å². The van der Waals surface area contributed by atoms with Crippen molar-refractivity contribution in [3.8, 4) is 0 Å². The summed E-state index contributed by atoms with van der Waals surface area (Å²) in [5.74, 6) is -0.0585. The molecule has 7 heteroatoms. The van der Waals surface area contributed by atoms with Crippen molar-refractivity contribution in [2.24, 2.45) is 5.92 Å². The first-order valence-corrected chi connectivity index (χ1v) is 9.86. The largest absolute Gasteiger partial charge is 0.340 e. The molecule has 1 aromatic rings. The molecule has 1 saturated heterocycles. The minimum absolute atomic E-state index is 0.0703. The van der Waals surface area contributed by atoms with E-state index in [4.69, 9.17) is 0 Å². The second-order valence-electron chi connectivity index (χ2n) is 6.74. The van der Waals surface area contributed by atoms with Gasteiger partial charge in [0.1, 0.15) is 5.82 Å². The molecule has 132 valence electrons. The molecule has 1 saturated carbocycles. The summed E-state index contributed by atoms with van der Waals surface area (Å²) in [5.41, 5.74) is 0.357. The zero-order chi connectivity index (χ0) is 17.3. The SMILES string of the molecule is Cc1cc(F)ccc1S(=O)(=O)N1CCN(CC2CCCC2)C(=O)C1. The first kappa shape index (κ1) is 17.4. The summed E-state index contributed by atoms with van der Waals surface area (Å²) in [4.78, 5) is 14.2. The van der Waals surface area contributed by atoms with E-state index >= 15 is 0 Å². The molecule has 1 aliphatic heterocycles. The molecule has 2 aliphatic rings. The maximum atomic E-state index is 13.2. The maximum absolute atomic E-state index is 13.2. The Morgan fingerprint density at radius 2 is 1.92 bits per heavy atom. The van der Waals surface area contributed by atoms with Crippen LogP contribution in [0.15, 0.2) is 23.1 Å². The summed E-state index contributed by atoms with van der Waals surface area (Å²) in [6.45, 7) is 2.88. The monoisotopic (exact) mass is 354 g/mol. The van der Waals surface area contributed by atoms with E-state index < -0.39 is 15.8 Å². The van der Waals surface area contributed by atoms with Gasteiger partial charge in [0, 0.05) is 19.6 Å². The minimum Gasteiger partial charge on any atom is -0.340 e. The quantitative estimate of drug-likeness (QED) is 0.833. The third-order valence-corrected chi connectivity index (χ3v) is 7.00. The van der Waals surface area contributed by atoms with Crippen molar-refractivity contribution < 1.29 is 17.6 Å². The maximum Gasteiger partial charge on any atom is 0.243 e. The van der Waals surface area contributed by atoms with Crippen molar-refractivity contribution in [2.45, 2.75) is 37.5 Å². The van der Waals surface area contributed by atoms with Crippen LogP contribution in [0.25, 0.3) is 0 Å². The Labute approximate surface area is 142 Å². The third-order valence-electron chi connectivity index (χ3n) is 4.99. The molecule has 1 aromatic carbocycles. The molecule has 1 amide bonds. The van der Waals surface area contributed by atoms with E-state index in [2.05, 4.69) is 0 Å². The normalized spacial score (nSPS) is 20.8. The van der Waals surface area contributed by atoms with Crippen LogP contribution in [0.2, 0.25) is 0 Å². The van der Waals surface area contributed by atoms with Gasteiger partial charge in [-0.25, -0.2) is 12.8 Å². The summed E-state index contributed by atoms with van der Waals surface area (Å²) >= 11 is 0. The molecule has 1 heterocycles. The number of carbonyl (C=O) groups is 1. The Morgan fingerprint density at radius 1 is 1.21 bits per heavy atom. The van der Waals surface area contributed by atoms with Crippen LogP contribution in [0.5, 0.6) is 0 Å². The zero-order valence-electron chi connectivity index (χ0n) is 13.9. The van der Waals surface area contributed by atoms with E-state index in [-0.39, 0.29) is 23.9 Å². The topological polar surface area (TPSA) is 57.7 Å². The number of nitrogens with zero attached hydrogens (tertiary/aromatic N) is 2. The van der Waals surface area contributed by atoms with Gasteiger partial charge in [-0.05, 0) is 49.4 Å². The molecule has 3 rings (SSSR count). The van der Waals surface area contributed by atoms with Crippen LogP contribution in [0.4, 0.5) is 4.39 Å². The van der Waals surface area contributed by atoms with Crippen LogP contribution >= 0.6 is 0 Å². The smallest absolute Gasteiger partial charge is 0.243 e. The van der Waals surface area contributed by atoms with Crippen molar-refractivity contribution in [1.82, 2.24) is 9.21 Å². The molecule has 0 aromatic heterocycles. The highest BCUT2D eigenvalue weighted by Gasteiger charge is 2.34. The van der Waals surface area contributed by atoms with Crippen molar-refractivity contribution in [3.63, 3.8) is 0 Å². The summed E-state index contributed by atoms with van der Waals surface area (Å²) in [6.07, 6.45) is 4.75. The molecule has 0 spiro atoms. The molecule has 5 nitrogen and oxygen atoms in total. The van der Waals surface area contributed by atoms with Gasteiger partial charge in [-0.15, -0.1) is 0 Å². The fourth-order valence-corrected chi connectivity index (χ4v) is 5.22. The number of halogens is 1. The standard InChI is InChI=1S/C17H23FN2O3S/c1-13-10-15(18)6-7-16(13)24(22,23)20-9-8-19(17(21)12-20)11-14-4-2-3-5-14/h6-7,10,14H,2-5,8-9,11-12H2,1H3. The molecule has 0 bridgehead atoms. The Balaban J connectivity index is 1.71. The summed E-state index contributed by atoms with van der Waals surface area (Å²) in [6, 6.07) is 3.61. The predicted molar refractivity (Wildman–Crippen MR) is 88.4 cm³/mol. The lowest BCUT2D eigenvalue weighted by Crippen LogP contribution is -2.53. The van der Waals surface area contributed by atoms with Crippen LogP contribution in [0, 0.1) is 18.7 Å². The van der Waals surface area contributed by atoms with Crippen LogP contribution in [-0.4, -0.2) is 49.7 Å². The van der Waals surface area contributed by atoms with E-state index in [1.54, 1.807) is 11.8 Å². The number of hydrogen-bond acceptors (Lipinski definition) is 3. The van der Waals surface area contributed by atoms with E-state index in [1.807, 2.05) is 0 Å². The average Bonchev–Trinajstić information content (AvgIpc) is 3.02. The lowest BCUT2D eigenvalue weighted by atomic mass is 10.1. The third kappa shape index (κ3) is 3.47. The van der Waals surface area contributed by atoms with Gasteiger partial charge in [-0.2, -0.15) is 4.31 Å². The highest BCUT2D eigenvalue weighted by atomic mass is 32.2. The number of piperazine rings is 1. The molecule has 24 heavy (non-hydrogen) atoms. The van der Waals surface area contributed by atoms with E-state index in [0.717, 1.165) is 25.5 Å². The van der Waals surface area contributed by atoms with E-state index in [1.165, 1.54) is 29.3 Å². The number of sulfonamides is 1. The molecule has 0 N–H and O–H groups in total. The minimum atomic E-state index is -3.77. The Kier molecular flexibility index (Phi) is 4.92. The second-order valence-corrected chi connectivity index (χ2v) is 8.65. The Bertz CT molecular complexity index is 729. The van der Waals surface area contributed by atoms with Crippen molar-refractivity contribution in [2.75, 3.05) is 26.2 Å². The molecule has 0 radical (unpaired) electrons. The number of amides is 1. The van der Waals surface area contributed by atoms with Gasteiger partial charge in [-0.1, -0.05) is 12.8 Å². The van der Waals surface area contributed by atoms with E-state index in [9.17, 15) is 17.6 Å². The fraction of sp³-hybridized carbons (Fsp3) is 0.588. The lowest BCUT2D eigenvalue weighted by Gasteiger charge is -2.35. The molecule has 1 aliphatic carbocycles. The number of carbonyl (C=O) groups excluding carboxylic acids is 1. The second kappa shape index (κ2) is 6.80. The Hall–Kier alpha value is -1.47. The summed E-state index contributed by atoms with van der Waals surface area (Å²) < 4.78 is 39.9. The van der Waals surface area contributed by atoms with Gasteiger partial charge in [0.05, 0.1) is 11.4 Å². The number of rotatable bonds is 4. The van der Waals surface area contributed by atoms with Crippen molar-refractivity contribution in [3.05, 3.63) is 29.6 Å². The first-order valence-electron chi connectivity index (χ1n) is 8.42. The van der Waals surface area contributed by atoms with Crippen molar-refractivity contribution >= 4 is 15.9 Å². The van der Waals surface area contributed by atoms with Gasteiger partial charge >= 0.3 is 0 Å². The van der Waals surface area contributed by atoms with Gasteiger partial charge in [0.25, 0.3) is 0 Å². The predicted octanol–water partition coefficient (Wildman–Crippen LogP) is 2.16. The van der Waals surface area contributed by atoms with Crippen LogP contribution < -0.4 is 0 Å². The van der Waals surface area contributed by atoms with Crippen molar-refractivity contribution in [1.29, 1.82) is 0 Å². The summed E-state index contributed by atoms with van der Waals surface area (Å²) in [5, 5.41) is 0. The number of hydrogen-bond donors (Lipinski definition) is 0. The van der Waals surface area contributed by atoms with E-state index in [0.29, 0.717) is 18.0 Å². The molecule has 0 unspecified atom stereocenters. The van der Waals surface area contributed by atoms with Crippen LogP contribution in [0.1, 0.15) is 31.2 Å². The fourth-order valence-electron chi connectivity index (χ4n) is 3.63. The summed E-state index contributed by atoms with van der Waals surface area (Å²) in [7, 11) is -3.77. The average molecular weight is 354 g/mol. The molecular weight excluding hydrogens is 331 g/mol. The van der Waals surface area contributed by atoms with Gasteiger partial charge in [0.15, 0.2) is 0 Å². The molecular formula is C17H23FN2O3S. The van der Waals surface area contributed by atoms with Gasteiger partial charge in [0.2, 0.25) is 15.9 Å². The zero-order valence-corrected chi connectivity index (χ0v) is 14.7. The van der Waals surface area contributed by atoms with Crippen LogP contribution in [0.3, 0.4) is 0 Å². The van der Waals surface area contributed by atoms with Gasteiger partial charge in [-0.3, -0.25) is 4.79 Å². The molecule has 0 atom stereocenters. The Morgan fingerprint density at radius 3 is 2.54 bits per heavy atom. The highest BCUT2D eigenvalue weighted by molar-refractivity contribution is 7.89. The number of aryl methyl sites for hydroxylation is 1.